The molecular formula is C18H23N3. The van der Waals surface area contributed by atoms with Crippen LogP contribution in [-0.2, 0) is 19.6 Å². The fraction of sp³-hybridized carbons (Fsp3) is 0.333. The number of hydrogen-bond acceptors (Lipinski definition) is 1. The van der Waals surface area contributed by atoms with E-state index in [4.69, 9.17) is 0 Å². The zero-order valence-corrected chi connectivity index (χ0v) is 12.6. The molecule has 0 saturated heterocycles. The third-order valence-electron chi connectivity index (χ3n) is 4.00. The number of aryl methyl sites for hydroxylation is 2. The second kappa shape index (κ2) is 6.64. The van der Waals surface area contributed by atoms with Crippen molar-refractivity contribution in [1.29, 1.82) is 0 Å². The van der Waals surface area contributed by atoms with E-state index in [0.717, 1.165) is 32.6 Å². The zero-order valence-electron chi connectivity index (χ0n) is 12.6. The van der Waals surface area contributed by atoms with E-state index in [1.165, 1.54) is 16.6 Å². The maximum Gasteiger partial charge on any atom is 0.0480 e. The van der Waals surface area contributed by atoms with Gasteiger partial charge >= 0.3 is 0 Å². The van der Waals surface area contributed by atoms with Gasteiger partial charge < -0.3 is 14.5 Å². The van der Waals surface area contributed by atoms with E-state index in [-0.39, 0.29) is 0 Å². The summed E-state index contributed by atoms with van der Waals surface area (Å²) >= 11 is 0. The lowest BCUT2D eigenvalue weighted by molar-refractivity contribution is 0.572. The van der Waals surface area contributed by atoms with Crippen molar-refractivity contribution in [2.24, 2.45) is 0 Å². The molecule has 0 saturated carbocycles. The van der Waals surface area contributed by atoms with Crippen molar-refractivity contribution >= 4 is 10.9 Å². The predicted octanol–water partition coefficient (Wildman–Crippen LogP) is 3.64. The smallest absolute Gasteiger partial charge is 0.0480 e. The van der Waals surface area contributed by atoms with Crippen molar-refractivity contribution in [2.75, 3.05) is 6.54 Å². The molecule has 3 heteroatoms. The van der Waals surface area contributed by atoms with Crippen LogP contribution in [0.4, 0.5) is 0 Å². The van der Waals surface area contributed by atoms with E-state index in [9.17, 15) is 0 Å². The van der Waals surface area contributed by atoms with E-state index in [1.54, 1.807) is 0 Å². The average molecular weight is 281 g/mol. The molecule has 0 aliphatic rings. The van der Waals surface area contributed by atoms with Gasteiger partial charge in [0.15, 0.2) is 0 Å². The van der Waals surface area contributed by atoms with Gasteiger partial charge in [-0.05, 0) is 49.5 Å². The molecule has 110 valence electrons. The number of rotatable bonds is 7. The Bertz CT molecular complexity index is 693. The summed E-state index contributed by atoms with van der Waals surface area (Å²) in [6, 6.07) is 15.1. The van der Waals surface area contributed by atoms with Gasteiger partial charge in [-0.2, -0.15) is 0 Å². The lowest BCUT2D eigenvalue weighted by Crippen LogP contribution is -2.18. The Hall–Kier alpha value is -2.00. The first-order valence-electron chi connectivity index (χ1n) is 7.77. The lowest BCUT2D eigenvalue weighted by atomic mass is 10.2. The van der Waals surface area contributed by atoms with Crippen molar-refractivity contribution in [3.8, 4) is 0 Å². The number of nitrogens with zero attached hydrogens (tertiary/aromatic N) is 2. The first-order chi connectivity index (χ1) is 10.4. The zero-order chi connectivity index (χ0) is 14.5. The number of para-hydroxylation sites is 1. The summed E-state index contributed by atoms with van der Waals surface area (Å²) in [5, 5.41) is 4.86. The summed E-state index contributed by atoms with van der Waals surface area (Å²) < 4.78 is 4.62. The molecule has 0 bridgehead atoms. The molecule has 1 aromatic carbocycles. The molecule has 0 aliphatic heterocycles. The van der Waals surface area contributed by atoms with Gasteiger partial charge in [0.1, 0.15) is 0 Å². The van der Waals surface area contributed by atoms with Gasteiger partial charge in [0.2, 0.25) is 0 Å². The Morgan fingerprint density at radius 1 is 0.952 bits per heavy atom. The molecule has 0 amide bonds. The van der Waals surface area contributed by atoms with Crippen LogP contribution < -0.4 is 5.32 Å². The summed E-state index contributed by atoms with van der Waals surface area (Å²) in [6.07, 6.45) is 5.47. The van der Waals surface area contributed by atoms with Crippen LogP contribution >= 0.6 is 0 Å². The third-order valence-corrected chi connectivity index (χ3v) is 4.00. The molecule has 1 N–H and O–H groups in total. The maximum absolute atomic E-state index is 3.54. The lowest BCUT2D eigenvalue weighted by Gasteiger charge is -2.09. The SMILES string of the molecule is CCn1cccc1CNCCCn1ccc2ccccc21. The Kier molecular flexibility index (Phi) is 4.41. The predicted molar refractivity (Wildman–Crippen MR) is 88.4 cm³/mol. The van der Waals surface area contributed by atoms with E-state index >= 15 is 0 Å². The first kappa shape index (κ1) is 14.0. The molecule has 0 radical (unpaired) electrons. The van der Waals surface area contributed by atoms with Gasteiger partial charge in [-0.25, -0.2) is 0 Å². The second-order valence-electron chi connectivity index (χ2n) is 5.38. The van der Waals surface area contributed by atoms with Gasteiger partial charge in [0.25, 0.3) is 0 Å². The summed E-state index contributed by atoms with van der Waals surface area (Å²) in [4.78, 5) is 0. The Labute approximate surface area is 126 Å². The van der Waals surface area contributed by atoms with Gasteiger partial charge in [0, 0.05) is 43.2 Å². The van der Waals surface area contributed by atoms with Crippen molar-refractivity contribution in [1.82, 2.24) is 14.5 Å². The summed E-state index contributed by atoms with van der Waals surface area (Å²) in [5.74, 6) is 0. The van der Waals surface area contributed by atoms with Crippen LogP contribution in [0.15, 0.2) is 54.9 Å². The van der Waals surface area contributed by atoms with Crippen molar-refractivity contribution < 1.29 is 0 Å². The molecule has 0 fully saturated rings. The molecule has 3 aromatic rings. The number of fused-ring (bicyclic) bond motifs is 1. The highest BCUT2D eigenvalue weighted by Gasteiger charge is 2.00. The molecule has 0 spiro atoms. The molecule has 0 atom stereocenters. The van der Waals surface area contributed by atoms with E-state index in [1.807, 2.05) is 0 Å². The molecule has 3 rings (SSSR count). The second-order valence-corrected chi connectivity index (χ2v) is 5.38. The van der Waals surface area contributed by atoms with E-state index in [0.29, 0.717) is 0 Å². The van der Waals surface area contributed by atoms with Crippen molar-refractivity contribution in [3.05, 3.63) is 60.6 Å². The Morgan fingerprint density at radius 2 is 1.86 bits per heavy atom. The largest absolute Gasteiger partial charge is 0.351 e. The van der Waals surface area contributed by atoms with Gasteiger partial charge in [-0.15, -0.1) is 0 Å². The first-order valence-corrected chi connectivity index (χ1v) is 7.77. The fourth-order valence-corrected chi connectivity index (χ4v) is 2.84. The highest BCUT2D eigenvalue weighted by atomic mass is 15.0. The Balaban J connectivity index is 1.46. The molecule has 3 nitrogen and oxygen atoms in total. The van der Waals surface area contributed by atoms with Crippen molar-refractivity contribution in [3.63, 3.8) is 0 Å². The molecular weight excluding hydrogens is 258 g/mol. The number of nitrogens with one attached hydrogen (secondary N) is 1. The van der Waals surface area contributed by atoms with E-state index < -0.39 is 0 Å². The van der Waals surface area contributed by atoms with Gasteiger partial charge in [-0.1, -0.05) is 18.2 Å². The topological polar surface area (TPSA) is 21.9 Å². The molecule has 0 aliphatic carbocycles. The fourth-order valence-electron chi connectivity index (χ4n) is 2.84. The Morgan fingerprint density at radius 3 is 2.76 bits per heavy atom. The average Bonchev–Trinajstić information content (AvgIpc) is 3.13. The normalized spacial score (nSPS) is 11.3. The third kappa shape index (κ3) is 3.19. The maximum atomic E-state index is 3.54. The van der Waals surface area contributed by atoms with Crippen LogP contribution in [0.5, 0.6) is 0 Å². The van der Waals surface area contributed by atoms with Crippen LogP contribution in [-0.4, -0.2) is 15.7 Å². The summed E-state index contributed by atoms with van der Waals surface area (Å²) in [5.41, 5.74) is 2.70. The number of hydrogen-bond donors (Lipinski definition) is 1. The van der Waals surface area contributed by atoms with Gasteiger partial charge in [-0.3, -0.25) is 0 Å². The minimum atomic E-state index is 0.952. The highest BCUT2D eigenvalue weighted by Crippen LogP contribution is 2.15. The van der Waals surface area contributed by atoms with Gasteiger partial charge in [0.05, 0.1) is 0 Å². The molecule has 2 aromatic heterocycles. The number of benzene rings is 1. The summed E-state index contributed by atoms with van der Waals surface area (Å²) in [6.45, 7) is 6.28. The number of aromatic nitrogens is 2. The minimum absolute atomic E-state index is 0.952. The quantitative estimate of drug-likeness (QED) is 0.656. The van der Waals surface area contributed by atoms with Crippen LogP contribution in [0.3, 0.4) is 0 Å². The summed E-state index contributed by atoms with van der Waals surface area (Å²) in [7, 11) is 0. The molecule has 0 unspecified atom stereocenters. The van der Waals surface area contributed by atoms with Crippen LogP contribution in [0, 0.1) is 0 Å². The van der Waals surface area contributed by atoms with Crippen molar-refractivity contribution in [2.45, 2.75) is 33.0 Å². The minimum Gasteiger partial charge on any atom is -0.351 e. The van der Waals surface area contributed by atoms with Crippen LogP contribution in [0.1, 0.15) is 19.0 Å². The molecule has 2 heterocycles. The monoisotopic (exact) mass is 281 g/mol. The van der Waals surface area contributed by atoms with Crippen LogP contribution in [0.2, 0.25) is 0 Å². The van der Waals surface area contributed by atoms with E-state index in [2.05, 4.69) is 76.2 Å². The molecule has 21 heavy (non-hydrogen) atoms. The highest BCUT2D eigenvalue weighted by molar-refractivity contribution is 5.79. The standard InChI is InChI=1S/C18H23N3/c1-2-20-12-5-8-17(20)15-19-11-6-13-21-14-10-16-7-3-4-9-18(16)21/h3-5,7-10,12,14,19H,2,6,11,13,15H2,1H3. The van der Waals surface area contributed by atoms with Crippen LogP contribution in [0.25, 0.3) is 10.9 Å².